The predicted octanol–water partition coefficient (Wildman–Crippen LogP) is 3.82. The zero-order valence-electron chi connectivity index (χ0n) is 16.0. The molecule has 2 heterocycles. The van der Waals surface area contributed by atoms with Gasteiger partial charge in [0.05, 0.1) is 6.61 Å². The van der Waals surface area contributed by atoms with Crippen LogP contribution in [0.15, 0.2) is 42.5 Å². The van der Waals surface area contributed by atoms with Gasteiger partial charge in [-0.15, -0.1) is 0 Å². The van der Waals surface area contributed by atoms with Crippen molar-refractivity contribution < 1.29 is 9.53 Å². The van der Waals surface area contributed by atoms with Crippen LogP contribution in [-0.4, -0.2) is 50.1 Å². The highest BCUT2D eigenvalue weighted by Gasteiger charge is 2.17. The van der Waals surface area contributed by atoms with E-state index in [4.69, 9.17) is 16.3 Å². The number of piperazine rings is 1. The lowest BCUT2D eigenvalue weighted by Crippen LogP contribution is -2.46. The Balaban J connectivity index is 1.18. The van der Waals surface area contributed by atoms with Gasteiger partial charge in [-0.05, 0) is 42.7 Å². The number of halogens is 1. The van der Waals surface area contributed by atoms with Crippen LogP contribution in [0.4, 0.5) is 11.4 Å². The first-order chi connectivity index (χ1) is 13.7. The van der Waals surface area contributed by atoms with Crippen LogP contribution in [0.1, 0.15) is 18.4 Å². The van der Waals surface area contributed by atoms with Crippen LogP contribution in [0.2, 0.25) is 5.02 Å². The largest absolute Gasteiger partial charge is 0.493 e. The average Bonchev–Trinajstić information content (AvgIpc) is 2.71. The maximum Gasteiger partial charge on any atom is 0.224 e. The molecule has 2 aromatic carbocycles. The molecule has 2 aromatic rings. The van der Waals surface area contributed by atoms with Gasteiger partial charge in [-0.2, -0.15) is 0 Å². The molecule has 4 rings (SSSR count). The SMILES string of the molecule is O=C1CCc2ccc(OCCCN3CCN(c4cccc(Cl)c4)CC3)cc2N1. The van der Waals surface area contributed by atoms with E-state index in [1.54, 1.807) is 0 Å². The predicted molar refractivity (Wildman–Crippen MR) is 114 cm³/mol. The van der Waals surface area contributed by atoms with Crippen molar-refractivity contribution in [2.24, 2.45) is 0 Å². The number of anilines is 2. The molecule has 0 bridgehead atoms. The highest BCUT2D eigenvalue weighted by atomic mass is 35.5. The highest BCUT2D eigenvalue weighted by Crippen LogP contribution is 2.27. The summed E-state index contributed by atoms with van der Waals surface area (Å²) in [5.41, 5.74) is 3.28. The van der Waals surface area contributed by atoms with E-state index in [2.05, 4.69) is 27.2 Å². The number of hydrogen-bond acceptors (Lipinski definition) is 4. The second kappa shape index (κ2) is 8.84. The van der Waals surface area contributed by atoms with Gasteiger partial charge in [-0.3, -0.25) is 9.69 Å². The molecule has 1 fully saturated rings. The molecule has 2 aliphatic rings. The standard InChI is InChI=1S/C22H26ClN3O2/c23-18-3-1-4-19(15-18)26-12-10-25(11-13-26)9-2-14-28-20-7-5-17-6-8-22(27)24-21(17)16-20/h1,3-5,7,15-16H,2,6,8-14H2,(H,24,27). The molecule has 0 unspecified atom stereocenters. The Morgan fingerprint density at radius 1 is 1.04 bits per heavy atom. The van der Waals surface area contributed by atoms with E-state index >= 15 is 0 Å². The molecule has 1 amide bonds. The molecule has 5 nitrogen and oxygen atoms in total. The summed E-state index contributed by atoms with van der Waals surface area (Å²) < 4.78 is 5.90. The van der Waals surface area contributed by atoms with Crippen LogP contribution >= 0.6 is 11.6 Å². The van der Waals surface area contributed by atoms with E-state index in [1.807, 2.05) is 30.3 Å². The first kappa shape index (κ1) is 19.1. The molecule has 28 heavy (non-hydrogen) atoms. The molecule has 6 heteroatoms. The maximum atomic E-state index is 11.5. The fraction of sp³-hybridized carbons (Fsp3) is 0.409. The Bertz CT molecular complexity index is 834. The summed E-state index contributed by atoms with van der Waals surface area (Å²) in [4.78, 5) is 16.4. The number of amides is 1. The molecule has 0 spiro atoms. The molecule has 0 aromatic heterocycles. The molecule has 0 saturated carbocycles. The zero-order chi connectivity index (χ0) is 19.3. The van der Waals surface area contributed by atoms with Crippen molar-refractivity contribution in [2.45, 2.75) is 19.3 Å². The third kappa shape index (κ3) is 4.78. The Morgan fingerprint density at radius 3 is 2.71 bits per heavy atom. The van der Waals surface area contributed by atoms with E-state index in [-0.39, 0.29) is 5.91 Å². The normalized spacial score (nSPS) is 17.2. The van der Waals surface area contributed by atoms with Gasteiger partial charge in [-0.25, -0.2) is 0 Å². The lowest BCUT2D eigenvalue weighted by Gasteiger charge is -2.36. The second-order valence-corrected chi connectivity index (χ2v) is 7.81. The Morgan fingerprint density at radius 2 is 1.89 bits per heavy atom. The van der Waals surface area contributed by atoms with E-state index in [1.165, 1.54) is 11.3 Å². The first-order valence-electron chi connectivity index (χ1n) is 9.96. The molecule has 148 valence electrons. The fourth-order valence-electron chi connectivity index (χ4n) is 3.82. The monoisotopic (exact) mass is 399 g/mol. The smallest absolute Gasteiger partial charge is 0.224 e. The highest BCUT2D eigenvalue weighted by molar-refractivity contribution is 6.30. The summed E-state index contributed by atoms with van der Waals surface area (Å²) in [6.07, 6.45) is 2.36. The summed E-state index contributed by atoms with van der Waals surface area (Å²) in [5.74, 6) is 0.910. The minimum absolute atomic E-state index is 0.0848. The number of aryl methyl sites for hydroxylation is 1. The molecular weight excluding hydrogens is 374 g/mol. The van der Waals surface area contributed by atoms with Gasteiger partial charge in [-0.1, -0.05) is 23.7 Å². The Kier molecular flexibility index (Phi) is 6.03. The minimum Gasteiger partial charge on any atom is -0.493 e. The fourth-order valence-corrected chi connectivity index (χ4v) is 4.01. The van der Waals surface area contributed by atoms with E-state index < -0.39 is 0 Å². The van der Waals surface area contributed by atoms with Gasteiger partial charge < -0.3 is 15.0 Å². The van der Waals surface area contributed by atoms with Crippen LogP contribution in [0.3, 0.4) is 0 Å². The van der Waals surface area contributed by atoms with Crippen LogP contribution in [0.25, 0.3) is 0 Å². The lowest BCUT2D eigenvalue weighted by molar-refractivity contribution is -0.116. The number of hydrogen-bond donors (Lipinski definition) is 1. The van der Waals surface area contributed by atoms with Crippen molar-refractivity contribution in [3.63, 3.8) is 0 Å². The minimum atomic E-state index is 0.0848. The maximum absolute atomic E-state index is 11.5. The third-order valence-corrected chi connectivity index (χ3v) is 5.64. The van der Waals surface area contributed by atoms with Crippen molar-refractivity contribution in [1.29, 1.82) is 0 Å². The van der Waals surface area contributed by atoms with Crippen LogP contribution in [0.5, 0.6) is 5.75 Å². The topological polar surface area (TPSA) is 44.8 Å². The quantitative estimate of drug-likeness (QED) is 0.750. The molecule has 2 aliphatic heterocycles. The summed E-state index contributed by atoms with van der Waals surface area (Å²) >= 11 is 6.10. The molecule has 0 radical (unpaired) electrons. The van der Waals surface area contributed by atoms with Crippen molar-refractivity contribution in [3.8, 4) is 5.75 Å². The number of nitrogens with zero attached hydrogens (tertiary/aromatic N) is 2. The van der Waals surface area contributed by atoms with Gasteiger partial charge in [0.2, 0.25) is 5.91 Å². The Hall–Kier alpha value is -2.24. The van der Waals surface area contributed by atoms with Crippen molar-refractivity contribution in [3.05, 3.63) is 53.1 Å². The summed E-state index contributed by atoms with van der Waals surface area (Å²) in [5, 5.41) is 3.71. The lowest BCUT2D eigenvalue weighted by atomic mass is 10.0. The van der Waals surface area contributed by atoms with Gasteiger partial charge >= 0.3 is 0 Å². The number of rotatable bonds is 6. The first-order valence-corrected chi connectivity index (χ1v) is 10.3. The van der Waals surface area contributed by atoms with Crippen LogP contribution < -0.4 is 15.0 Å². The Labute approximate surface area is 171 Å². The number of ether oxygens (including phenoxy) is 1. The number of nitrogens with one attached hydrogen (secondary N) is 1. The van der Waals surface area contributed by atoms with Gasteiger partial charge in [0, 0.05) is 61.6 Å². The molecular formula is C22H26ClN3O2. The van der Waals surface area contributed by atoms with Crippen molar-refractivity contribution in [1.82, 2.24) is 4.90 Å². The number of carbonyl (C=O) groups excluding carboxylic acids is 1. The third-order valence-electron chi connectivity index (χ3n) is 5.41. The number of fused-ring (bicyclic) bond motifs is 1. The molecule has 0 aliphatic carbocycles. The summed E-state index contributed by atoms with van der Waals surface area (Å²) in [6.45, 7) is 5.86. The van der Waals surface area contributed by atoms with E-state index in [0.29, 0.717) is 13.0 Å². The van der Waals surface area contributed by atoms with Gasteiger partial charge in [0.1, 0.15) is 5.75 Å². The van der Waals surface area contributed by atoms with Gasteiger partial charge in [0.15, 0.2) is 0 Å². The van der Waals surface area contributed by atoms with Crippen LogP contribution in [-0.2, 0) is 11.2 Å². The molecule has 1 saturated heterocycles. The number of benzene rings is 2. The van der Waals surface area contributed by atoms with E-state index in [9.17, 15) is 4.79 Å². The summed E-state index contributed by atoms with van der Waals surface area (Å²) in [6, 6.07) is 14.1. The average molecular weight is 400 g/mol. The van der Waals surface area contributed by atoms with Crippen LogP contribution in [0, 0.1) is 0 Å². The van der Waals surface area contributed by atoms with Crippen molar-refractivity contribution >= 4 is 28.9 Å². The number of carbonyl (C=O) groups is 1. The van der Waals surface area contributed by atoms with E-state index in [0.717, 1.165) is 62.0 Å². The zero-order valence-corrected chi connectivity index (χ0v) is 16.8. The molecule has 1 N–H and O–H groups in total. The second-order valence-electron chi connectivity index (χ2n) is 7.38. The van der Waals surface area contributed by atoms with Gasteiger partial charge in [0.25, 0.3) is 0 Å². The summed E-state index contributed by atoms with van der Waals surface area (Å²) in [7, 11) is 0. The molecule has 0 atom stereocenters. The van der Waals surface area contributed by atoms with Crippen molar-refractivity contribution in [2.75, 3.05) is 49.5 Å².